The van der Waals surface area contributed by atoms with E-state index in [2.05, 4.69) is 26.0 Å². The molecular weight excluding hydrogens is 220 g/mol. The summed E-state index contributed by atoms with van der Waals surface area (Å²) in [6.45, 7) is 4.30. The molecule has 2 rings (SSSR count). The van der Waals surface area contributed by atoms with Gasteiger partial charge in [-0.05, 0) is 55.2 Å². The molecule has 0 heterocycles. The highest BCUT2D eigenvalue weighted by atomic mass is 35.5. The summed E-state index contributed by atoms with van der Waals surface area (Å²) in [6, 6.07) is 6.25. The molecule has 1 aromatic rings. The highest BCUT2D eigenvalue weighted by Crippen LogP contribution is 2.41. The minimum Gasteiger partial charge on any atom is -0.393 e. The largest absolute Gasteiger partial charge is 0.393 e. The molecule has 1 aliphatic rings. The maximum absolute atomic E-state index is 9.62. The van der Waals surface area contributed by atoms with Crippen LogP contribution >= 0.6 is 11.6 Å². The minimum atomic E-state index is -0.116. The van der Waals surface area contributed by atoms with Gasteiger partial charge in [0, 0.05) is 5.02 Å². The zero-order valence-electron chi connectivity index (χ0n) is 9.96. The second-order valence-corrected chi connectivity index (χ2v) is 5.89. The average molecular weight is 239 g/mol. The minimum absolute atomic E-state index is 0.116. The molecule has 0 amide bonds. The van der Waals surface area contributed by atoms with E-state index in [1.807, 2.05) is 6.07 Å². The topological polar surface area (TPSA) is 20.2 Å². The first-order valence-electron chi connectivity index (χ1n) is 5.92. The predicted molar refractivity (Wildman–Crippen MR) is 67.9 cm³/mol. The van der Waals surface area contributed by atoms with E-state index < -0.39 is 0 Å². The van der Waals surface area contributed by atoms with Gasteiger partial charge in [-0.3, -0.25) is 0 Å². The molecule has 1 nitrogen and oxygen atoms in total. The van der Waals surface area contributed by atoms with Crippen LogP contribution in [0.5, 0.6) is 0 Å². The van der Waals surface area contributed by atoms with Crippen LogP contribution in [0.1, 0.15) is 37.3 Å². The SMILES string of the molecule is Cc1ccc(CC2(C)CCC(O)C2)c(Cl)c1. The van der Waals surface area contributed by atoms with E-state index in [1.165, 1.54) is 11.1 Å². The maximum atomic E-state index is 9.62. The molecule has 0 saturated heterocycles. The molecule has 0 bridgehead atoms. The fraction of sp³-hybridized carbons (Fsp3) is 0.571. The van der Waals surface area contributed by atoms with Gasteiger partial charge < -0.3 is 5.11 Å². The summed E-state index contributed by atoms with van der Waals surface area (Å²) in [5.41, 5.74) is 2.63. The van der Waals surface area contributed by atoms with Crippen LogP contribution in [0.2, 0.25) is 5.02 Å². The highest BCUT2D eigenvalue weighted by Gasteiger charge is 2.34. The summed E-state index contributed by atoms with van der Waals surface area (Å²) in [6.07, 6.45) is 3.79. The lowest BCUT2D eigenvalue weighted by molar-refractivity contribution is 0.163. The van der Waals surface area contributed by atoms with Gasteiger partial charge in [0.1, 0.15) is 0 Å². The van der Waals surface area contributed by atoms with E-state index in [1.54, 1.807) is 0 Å². The van der Waals surface area contributed by atoms with E-state index in [0.29, 0.717) is 0 Å². The summed E-state index contributed by atoms with van der Waals surface area (Å²) in [5, 5.41) is 10.5. The van der Waals surface area contributed by atoms with Crippen molar-refractivity contribution < 1.29 is 5.11 Å². The first kappa shape index (κ1) is 11.9. The van der Waals surface area contributed by atoms with Crippen molar-refractivity contribution in [2.75, 3.05) is 0 Å². The van der Waals surface area contributed by atoms with Crippen molar-refractivity contribution in [3.05, 3.63) is 34.3 Å². The second-order valence-electron chi connectivity index (χ2n) is 5.48. The Labute approximate surface area is 102 Å². The van der Waals surface area contributed by atoms with Gasteiger partial charge in [-0.2, -0.15) is 0 Å². The maximum Gasteiger partial charge on any atom is 0.0545 e. The van der Waals surface area contributed by atoms with Gasteiger partial charge in [0.2, 0.25) is 0 Å². The van der Waals surface area contributed by atoms with Crippen LogP contribution < -0.4 is 0 Å². The Morgan fingerprint density at radius 2 is 2.25 bits per heavy atom. The van der Waals surface area contributed by atoms with Crippen LogP contribution in [0.3, 0.4) is 0 Å². The van der Waals surface area contributed by atoms with E-state index in [0.717, 1.165) is 30.7 Å². The van der Waals surface area contributed by atoms with Crippen LogP contribution in [0.4, 0.5) is 0 Å². The number of benzene rings is 1. The lowest BCUT2D eigenvalue weighted by Gasteiger charge is -2.24. The molecule has 1 saturated carbocycles. The monoisotopic (exact) mass is 238 g/mol. The Hall–Kier alpha value is -0.530. The first-order valence-corrected chi connectivity index (χ1v) is 6.29. The summed E-state index contributed by atoms with van der Waals surface area (Å²) in [5.74, 6) is 0. The van der Waals surface area contributed by atoms with Crippen molar-refractivity contribution in [2.24, 2.45) is 5.41 Å². The van der Waals surface area contributed by atoms with Gasteiger partial charge in [-0.25, -0.2) is 0 Å². The van der Waals surface area contributed by atoms with Crippen molar-refractivity contribution in [1.29, 1.82) is 0 Å². The molecule has 1 fully saturated rings. The van der Waals surface area contributed by atoms with Crippen LogP contribution in [0, 0.1) is 12.3 Å². The average Bonchev–Trinajstić information content (AvgIpc) is 2.52. The van der Waals surface area contributed by atoms with Gasteiger partial charge >= 0.3 is 0 Å². The second kappa shape index (κ2) is 4.38. The summed E-state index contributed by atoms with van der Waals surface area (Å²) in [7, 11) is 0. The molecule has 0 radical (unpaired) electrons. The Morgan fingerprint density at radius 1 is 1.50 bits per heavy atom. The molecule has 0 spiro atoms. The van der Waals surface area contributed by atoms with Gasteiger partial charge in [0.15, 0.2) is 0 Å². The number of aryl methyl sites for hydroxylation is 1. The Bertz CT molecular complexity index is 388. The predicted octanol–water partition coefficient (Wildman–Crippen LogP) is 3.74. The van der Waals surface area contributed by atoms with E-state index in [-0.39, 0.29) is 11.5 Å². The summed E-state index contributed by atoms with van der Waals surface area (Å²) in [4.78, 5) is 0. The number of aliphatic hydroxyl groups excluding tert-OH is 1. The smallest absolute Gasteiger partial charge is 0.0545 e. The van der Waals surface area contributed by atoms with Crippen LogP contribution in [-0.2, 0) is 6.42 Å². The van der Waals surface area contributed by atoms with Crippen molar-refractivity contribution in [3.63, 3.8) is 0 Å². The zero-order chi connectivity index (χ0) is 11.8. The zero-order valence-corrected chi connectivity index (χ0v) is 10.7. The molecule has 16 heavy (non-hydrogen) atoms. The van der Waals surface area contributed by atoms with Crippen molar-refractivity contribution >= 4 is 11.6 Å². The number of hydrogen-bond donors (Lipinski definition) is 1. The third kappa shape index (κ3) is 2.58. The number of aliphatic hydroxyl groups is 1. The molecule has 1 aromatic carbocycles. The normalized spacial score (nSPS) is 29.6. The number of halogens is 1. The molecule has 0 aliphatic heterocycles. The van der Waals surface area contributed by atoms with E-state index >= 15 is 0 Å². The quantitative estimate of drug-likeness (QED) is 0.832. The summed E-state index contributed by atoms with van der Waals surface area (Å²) < 4.78 is 0. The van der Waals surface area contributed by atoms with Gasteiger partial charge in [-0.1, -0.05) is 30.7 Å². The van der Waals surface area contributed by atoms with Gasteiger partial charge in [-0.15, -0.1) is 0 Å². The standard InChI is InChI=1S/C14H19ClO/c1-10-3-4-11(13(15)7-10)8-14(2)6-5-12(16)9-14/h3-4,7,12,16H,5-6,8-9H2,1-2H3. The van der Waals surface area contributed by atoms with Crippen molar-refractivity contribution in [3.8, 4) is 0 Å². The molecule has 1 aliphatic carbocycles. The van der Waals surface area contributed by atoms with Crippen LogP contribution in [0.25, 0.3) is 0 Å². The van der Waals surface area contributed by atoms with Crippen molar-refractivity contribution in [2.45, 2.75) is 45.6 Å². The van der Waals surface area contributed by atoms with Crippen molar-refractivity contribution in [1.82, 2.24) is 0 Å². The fourth-order valence-corrected chi connectivity index (χ4v) is 3.01. The summed E-state index contributed by atoms with van der Waals surface area (Å²) >= 11 is 6.24. The molecule has 1 N–H and O–H groups in total. The Kier molecular flexibility index (Phi) is 3.27. The third-order valence-electron chi connectivity index (χ3n) is 3.64. The lowest BCUT2D eigenvalue weighted by atomic mass is 9.82. The van der Waals surface area contributed by atoms with Crippen LogP contribution in [-0.4, -0.2) is 11.2 Å². The lowest BCUT2D eigenvalue weighted by Crippen LogP contribution is -2.17. The first-order chi connectivity index (χ1) is 7.48. The van der Waals surface area contributed by atoms with E-state index in [4.69, 9.17) is 11.6 Å². The molecule has 2 unspecified atom stereocenters. The molecule has 2 atom stereocenters. The van der Waals surface area contributed by atoms with Gasteiger partial charge in [0.05, 0.1) is 6.10 Å². The Balaban J connectivity index is 2.14. The molecule has 2 heteroatoms. The van der Waals surface area contributed by atoms with Crippen LogP contribution in [0.15, 0.2) is 18.2 Å². The fourth-order valence-electron chi connectivity index (χ4n) is 2.70. The molecule has 88 valence electrons. The van der Waals surface area contributed by atoms with Gasteiger partial charge in [0.25, 0.3) is 0 Å². The Morgan fingerprint density at radius 3 is 2.81 bits per heavy atom. The van der Waals surface area contributed by atoms with E-state index in [9.17, 15) is 5.11 Å². The highest BCUT2D eigenvalue weighted by molar-refractivity contribution is 6.31. The number of rotatable bonds is 2. The number of hydrogen-bond acceptors (Lipinski definition) is 1. The third-order valence-corrected chi connectivity index (χ3v) is 3.99. The molecule has 0 aromatic heterocycles. The molecular formula is C14H19ClO.